The highest BCUT2D eigenvalue weighted by molar-refractivity contribution is 5.96. The molecule has 4 aromatic rings. The van der Waals surface area contributed by atoms with Crippen molar-refractivity contribution in [2.75, 3.05) is 11.4 Å². The summed E-state index contributed by atoms with van der Waals surface area (Å²) in [7, 11) is 0. The van der Waals surface area contributed by atoms with Crippen LogP contribution in [0.25, 0.3) is 10.8 Å². The predicted octanol–water partition coefficient (Wildman–Crippen LogP) is 12.8. The molecule has 0 heterocycles. The fraction of sp³-hybridized carbons (Fsp3) is 0.477. The van der Waals surface area contributed by atoms with E-state index in [1.807, 2.05) is 13.8 Å². The molecular formula is C44H58N2O. The van der Waals surface area contributed by atoms with Gasteiger partial charge in [0.05, 0.1) is 0 Å². The third kappa shape index (κ3) is 7.77. The van der Waals surface area contributed by atoms with Crippen molar-refractivity contribution < 1.29 is 4.74 Å². The minimum atomic E-state index is -0.579. The van der Waals surface area contributed by atoms with Gasteiger partial charge in [-0.3, -0.25) is 4.99 Å². The maximum absolute atomic E-state index is 7.09. The fourth-order valence-electron chi connectivity index (χ4n) is 8.00. The first-order valence-corrected chi connectivity index (χ1v) is 18.4. The summed E-state index contributed by atoms with van der Waals surface area (Å²) in [5, 5.41) is 2.23. The van der Waals surface area contributed by atoms with Crippen LogP contribution in [0.2, 0.25) is 0 Å². The van der Waals surface area contributed by atoms with Crippen molar-refractivity contribution in [3.05, 3.63) is 102 Å². The first-order chi connectivity index (χ1) is 22.8. The quantitative estimate of drug-likeness (QED) is 0.129. The number of ether oxygens (including phenoxy) is 1. The van der Waals surface area contributed by atoms with Crippen molar-refractivity contribution in [2.45, 2.75) is 123 Å². The van der Waals surface area contributed by atoms with Crippen LogP contribution in [0.1, 0.15) is 128 Å². The zero-order valence-corrected chi connectivity index (χ0v) is 30.0. The minimum absolute atomic E-state index is 0.111. The number of rotatable bonds is 10. The van der Waals surface area contributed by atoms with E-state index in [9.17, 15) is 0 Å². The van der Waals surface area contributed by atoms with Gasteiger partial charge in [-0.1, -0.05) is 139 Å². The van der Waals surface area contributed by atoms with E-state index in [0.717, 1.165) is 28.8 Å². The molecule has 2 aliphatic carbocycles. The van der Waals surface area contributed by atoms with Gasteiger partial charge in [-0.25, -0.2) is 0 Å². The fourth-order valence-corrected chi connectivity index (χ4v) is 8.00. The van der Waals surface area contributed by atoms with E-state index in [0.29, 0.717) is 11.8 Å². The van der Waals surface area contributed by atoms with Crippen molar-refractivity contribution in [1.29, 1.82) is 0 Å². The molecule has 0 aliphatic heterocycles. The smallest absolute Gasteiger partial charge is 0.177 e. The molecular weight excluding hydrogens is 572 g/mol. The lowest BCUT2D eigenvalue weighted by molar-refractivity contribution is 0.0981. The molecule has 0 radical (unpaired) electrons. The van der Waals surface area contributed by atoms with Crippen LogP contribution in [-0.4, -0.2) is 19.0 Å². The number of benzene rings is 4. The molecule has 0 saturated heterocycles. The summed E-state index contributed by atoms with van der Waals surface area (Å²) in [4.78, 5) is 7.17. The third-order valence-corrected chi connectivity index (χ3v) is 10.8. The van der Waals surface area contributed by atoms with Crippen LogP contribution in [0.15, 0.2) is 89.9 Å². The molecule has 4 aromatic carbocycles. The van der Waals surface area contributed by atoms with Crippen LogP contribution < -0.4 is 9.64 Å². The van der Waals surface area contributed by atoms with Crippen LogP contribution in [-0.2, 0) is 5.41 Å². The molecule has 0 amide bonds. The Labute approximate surface area is 285 Å². The standard InChI is InChI=1S/C42H52N2O.C2H6/c1-41(2,34-21-13-8-14-22-34)35-26-27-37-33(29-35)25-28-39(40(37)43-5)45-42(3,4)44(30-31-17-9-6-10-18-31)38-24-16-15-23-36(38)32-19-11-7-12-20-32;1-2/h8,13-16,21-29,31-32H,5-7,9-12,17-20,30H2,1-4H3;1-2H3. The van der Waals surface area contributed by atoms with Gasteiger partial charge in [-0.15, -0.1) is 0 Å². The number of anilines is 1. The lowest BCUT2D eigenvalue weighted by atomic mass is 9.77. The van der Waals surface area contributed by atoms with Gasteiger partial charge in [0.2, 0.25) is 0 Å². The molecule has 0 atom stereocenters. The van der Waals surface area contributed by atoms with Crippen molar-refractivity contribution in [3.8, 4) is 5.75 Å². The highest BCUT2D eigenvalue weighted by atomic mass is 16.5. The predicted molar refractivity (Wildman–Crippen MR) is 204 cm³/mol. The molecule has 2 aliphatic rings. The first-order valence-electron chi connectivity index (χ1n) is 18.4. The number of aliphatic imine (C=N–C) groups is 1. The lowest BCUT2D eigenvalue weighted by Crippen LogP contribution is -2.51. The Hall–Kier alpha value is -3.59. The van der Waals surface area contributed by atoms with Crippen LogP contribution in [0, 0.1) is 5.92 Å². The van der Waals surface area contributed by atoms with Gasteiger partial charge in [-0.2, -0.15) is 0 Å². The van der Waals surface area contributed by atoms with Gasteiger partial charge in [0.25, 0.3) is 0 Å². The molecule has 3 nitrogen and oxygen atoms in total. The van der Waals surface area contributed by atoms with E-state index in [1.165, 1.54) is 86.6 Å². The molecule has 3 heteroatoms. The van der Waals surface area contributed by atoms with Crippen LogP contribution >= 0.6 is 0 Å². The van der Waals surface area contributed by atoms with Crippen molar-refractivity contribution in [2.24, 2.45) is 10.9 Å². The van der Waals surface area contributed by atoms with E-state index in [4.69, 9.17) is 4.74 Å². The highest BCUT2D eigenvalue weighted by Crippen LogP contribution is 2.44. The molecule has 250 valence electrons. The van der Waals surface area contributed by atoms with Crippen LogP contribution in [0.3, 0.4) is 0 Å². The summed E-state index contributed by atoms with van der Waals surface area (Å²) in [6.07, 6.45) is 13.2. The Morgan fingerprint density at radius 2 is 1.36 bits per heavy atom. The van der Waals surface area contributed by atoms with Gasteiger partial charge in [0.1, 0.15) is 11.4 Å². The average Bonchev–Trinajstić information content (AvgIpc) is 3.12. The molecule has 6 rings (SSSR count). The SMILES string of the molecule is C=Nc1c(OC(C)(C)N(CC2CCCCC2)c2ccccc2C2CCCCC2)ccc2cc(C(C)(C)c3ccccc3)ccc12.CC. The number of para-hydroxylation sites is 1. The molecule has 0 spiro atoms. The molecule has 0 N–H and O–H groups in total. The topological polar surface area (TPSA) is 24.8 Å². The van der Waals surface area contributed by atoms with Crippen molar-refractivity contribution in [3.63, 3.8) is 0 Å². The minimum Gasteiger partial charge on any atom is -0.466 e. The second-order valence-corrected chi connectivity index (χ2v) is 14.6. The maximum atomic E-state index is 7.09. The normalized spacial score (nSPS) is 16.3. The maximum Gasteiger partial charge on any atom is 0.177 e. The third-order valence-electron chi connectivity index (χ3n) is 10.8. The lowest BCUT2D eigenvalue weighted by Gasteiger charge is -2.44. The van der Waals surface area contributed by atoms with Gasteiger partial charge < -0.3 is 9.64 Å². The number of fused-ring (bicyclic) bond motifs is 1. The molecule has 47 heavy (non-hydrogen) atoms. The molecule has 2 saturated carbocycles. The van der Waals surface area contributed by atoms with Gasteiger partial charge in [0, 0.05) is 23.0 Å². The molecule has 2 fully saturated rings. The van der Waals surface area contributed by atoms with E-state index in [2.05, 4.69) is 129 Å². The number of hydrogen-bond donors (Lipinski definition) is 0. The Kier molecular flexibility index (Phi) is 11.5. The van der Waals surface area contributed by atoms with E-state index >= 15 is 0 Å². The van der Waals surface area contributed by atoms with Crippen LogP contribution in [0.4, 0.5) is 11.4 Å². The second kappa shape index (κ2) is 15.5. The monoisotopic (exact) mass is 630 g/mol. The summed E-state index contributed by atoms with van der Waals surface area (Å²) < 4.78 is 7.09. The number of nitrogens with zero attached hydrogens (tertiary/aromatic N) is 2. The van der Waals surface area contributed by atoms with Gasteiger partial charge >= 0.3 is 0 Å². The zero-order valence-electron chi connectivity index (χ0n) is 30.0. The van der Waals surface area contributed by atoms with Gasteiger partial charge in [-0.05, 0) is 92.3 Å². The summed E-state index contributed by atoms with van der Waals surface area (Å²) in [6, 6.07) is 31.0. The Balaban J connectivity index is 0.00000213. The van der Waals surface area contributed by atoms with E-state index < -0.39 is 5.72 Å². The Bertz CT molecular complexity index is 1590. The summed E-state index contributed by atoms with van der Waals surface area (Å²) in [5.74, 6) is 2.10. The summed E-state index contributed by atoms with van der Waals surface area (Å²) in [5.41, 5.74) is 5.57. The Morgan fingerprint density at radius 3 is 2.04 bits per heavy atom. The summed E-state index contributed by atoms with van der Waals surface area (Å²) >= 11 is 0. The van der Waals surface area contributed by atoms with E-state index in [-0.39, 0.29) is 5.41 Å². The van der Waals surface area contributed by atoms with Crippen LogP contribution in [0.5, 0.6) is 5.75 Å². The molecule has 0 unspecified atom stereocenters. The zero-order chi connectivity index (χ0) is 33.4. The number of hydrogen-bond acceptors (Lipinski definition) is 3. The first kappa shape index (κ1) is 34.7. The highest BCUT2D eigenvalue weighted by Gasteiger charge is 2.35. The summed E-state index contributed by atoms with van der Waals surface area (Å²) in [6.45, 7) is 18.1. The Morgan fingerprint density at radius 1 is 0.723 bits per heavy atom. The molecule has 0 bridgehead atoms. The molecule has 0 aromatic heterocycles. The largest absolute Gasteiger partial charge is 0.466 e. The van der Waals surface area contributed by atoms with Crippen molar-refractivity contribution in [1.82, 2.24) is 0 Å². The second-order valence-electron chi connectivity index (χ2n) is 14.6. The van der Waals surface area contributed by atoms with E-state index in [1.54, 1.807) is 0 Å². The van der Waals surface area contributed by atoms with Crippen molar-refractivity contribution >= 4 is 28.9 Å². The van der Waals surface area contributed by atoms with Gasteiger partial charge in [0.15, 0.2) is 5.72 Å². The average molecular weight is 631 g/mol.